The fourth-order valence-electron chi connectivity index (χ4n) is 1.05. The lowest BCUT2D eigenvalue weighted by atomic mass is 9.90. The molecule has 0 fully saturated rings. The van der Waals surface area contributed by atoms with Gasteiger partial charge in [-0.25, -0.2) is 0 Å². The van der Waals surface area contributed by atoms with Crippen LogP contribution in [-0.2, 0) is 0 Å². The molecule has 1 aromatic heterocycles. The summed E-state index contributed by atoms with van der Waals surface area (Å²) >= 11 is 11.4. The number of hydrogen-bond donors (Lipinski definition) is 1. The van der Waals surface area contributed by atoms with Gasteiger partial charge in [0.1, 0.15) is 0 Å². The van der Waals surface area contributed by atoms with Gasteiger partial charge in [-0.1, -0.05) is 44.0 Å². The zero-order valence-corrected chi connectivity index (χ0v) is 11.6. The molecule has 0 atom stereocenters. The van der Waals surface area contributed by atoms with E-state index in [4.69, 9.17) is 23.2 Å². The number of carbonyl (C=O) groups is 1. The van der Waals surface area contributed by atoms with Crippen molar-refractivity contribution in [1.29, 1.82) is 0 Å². The van der Waals surface area contributed by atoms with E-state index in [9.17, 15) is 4.79 Å². The van der Waals surface area contributed by atoms with Crippen molar-refractivity contribution >= 4 is 29.1 Å². The summed E-state index contributed by atoms with van der Waals surface area (Å²) in [6, 6.07) is 1.41. The van der Waals surface area contributed by atoms with Gasteiger partial charge < -0.3 is 5.32 Å². The highest BCUT2D eigenvalue weighted by molar-refractivity contribution is 6.34. The third-order valence-electron chi connectivity index (χ3n) is 2.65. The quantitative estimate of drug-likeness (QED) is 0.919. The summed E-state index contributed by atoms with van der Waals surface area (Å²) < 4.78 is 0. The molecule has 4 nitrogen and oxygen atoms in total. The molecule has 1 N–H and O–H groups in total. The molecule has 0 bridgehead atoms. The van der Waals surface area contributed by atoms with Crippen LogP contribution >= 0.6 is 23.2 Å². The van der Waals surface area contributed by atoms with Crippen molar-refractivity contribution in [2.24, 2.45) is 5.41 Å². The fraction of sp³-hybridized carbons (Fsp3) is 0.545. The third-order valence-corrected chi connectivity index (χ3v) is 3.11. The van der Waals surface area contributed by atoms with Crippen LogP contribution in [0.4, 0.5) is 0 Å². The third kappa shape index (κ3) is 4.13. The SMILES string of the molecule is CCC(C)(C)CNC(=O)c1cc(Cl)nnc1Cl. The molecular formula is C11H15Cl2N3O. The smallest absolute Gasteiger partial charge is 0.254 e. The number of carbonyl (C=O) groups excluding carboxylic acids is 1. The highest BCUT2D eigenvalue weighted by atomic mass is 35.5. The normalized spacial score (nSPS) is 11.4. The predicted octanol–water partition coefficient (Wildman–Crippen LogP) is 2.95. The molecule has 0 saturated carbocycles. The molecule has 0 aliphatic rings. The van der Waals surface area contributed by atoms with Crippen molar-refractivity contribution in [2.75, 3.05) is 6.54 Å². The summed E-state index contributed by atoms with van der Waals surface area (Å²) in [5.74, 6) is -0.284. The minimum atomic E-state index is -0.284. The van der Waals surface area contributed by atoms with E-state index in [1.54, 1.807) is 0 Å². The Hall–Kier alpha value is -0.870. The van der Waals surface area contributed by atoms with Crippen LogP contribution in [0.2, 0.25) is 10.3 Å². The number of rotatable bonds is 4. The summed E-state index contributed by atoms with van der Waals surface area (Å²) in [5, 5.41) is 10.1. The molecule has 94 valence electrons. The van der Waals surface area contributed by atoms with Gasteiger partial charge in [0.05, 0.1) is 5.56 Å². The Morgan fingerprint density at radius 2 is 2.06 bits per heavy atom. The molecule has 6 heteroatoms. The summed E-state index contributed by atoms with van der Waals surface area (Å²) in [6.07, 6.45) is 0.969. The van der Waals surface area contributed by atoms with Crippen molar-refractivity contribution in [3.05, 3.63) is 21.9 Å². The van der Waals surface area contributed by atoms with Gasteiger partial charge in [-0.15, -0.1) is 10.2 Å². The highest BCUT2D eigenvalue weighted by Crippen LogP contribution is 2.19. The summed E-state index contributed by atoms with van der Waals surface area (Å²) in [5.41, 5.74) is 0.297. The summed E-state index contributed by atoms with van der Waals surface area (Å²) in [4.78, 5) is 11.9. The first-order chi connectivity index (χ1) is 7.85. The van der Waals surface area contributed by atoms with Gasteiger partial charge in [-0.05, 0) is 17.9 Å². The second kappa shape index (κ2) is 5.65. The van der Waals surface area contributed by atoms with E-state index in [-0.39, 0.29) is 27.2 Å². The highest BCUT2D eigenvalue weighted by Gasteiger charge is 2.18. The van der Waals surface area contributed by atoms with Crippen LogP contribution in [0.5, 0.6) is 0 Å². The molecule has 1 amide bonds. The van der Waals surface area contributed by atoms with Crippen LogP contribution in [0.3, 0.4) is 0 Å². The Bertz CT molecular complexity index is 421. The van der Waals surface area contributed by atoms with E-state index >= 15 is 0 Å². The molecule has 17 heavy (non-hydrogen) atoms. The number of halogens is 2. The van der Waals surface area contributed by atoms with Crippen LogP contribution in [0.25, 0.3) is 0 Å². The van der Waals surface area contributed by atoms with Crippen molar-refractivity contribution in [3.8, 4) is 0 Å². The van der Waals surface area contributed by atoms with E-state index in [2.05, 4.69) is 36.3 Å². The largest absolute Gasteiger partial charge is 0.351 e. The van der Waals surface area contributed by atoms with Gasteiger partial charge in [0.15, 0.2) is 10.3 Å². The van der Waals surface area contributed by atoms with E-state index in [0.29, 0.717) is 6.54 Å². The maximum atomic E-state index is 11.9. The van der Waals surface area contributed by atoms with E-state index in [0.717, 1.165) is 6.42 Å². The lowest BCUT2D eigenvalue weighted by Crippen LogP contribution is -2.33. The molecule has 0 aliphatic carbocycles. The molecule has 0 aromatic carbocycles. The molecule has 1 aromatic rings. The molecule has 0 spiro atoms. The van der Waals surface area contributed by atoms with Crippen molar-refractivity contribution in [2.45, 2.75) is 27.2 Å². The molecule has 1 rings (SSSR count). The second-order valence-corrected chi connectivity index (χ2v) is 5.32. The average molecular weight is 276 g/mol. The van der Waals surface area contributed by atoms with Crippen molar-refractivity contribution in [3.63, 3.8) is 0 Å². The number of hydrogen-bond acceptors (Lipinski definition) is 3. The van der Waals surface area contributed by atoms with Gasteiger partial charge in [-0.2, -0.15) is 0 Å². The van der Waals surface area contributed by atoms with Crippen LogP contribution in [0.1, 0.15) is 37.6 Å². The van der Waals surface area contributed by atoms with E-state index in [1.807, 2.05) is 0 Å². The molecule has 0 radical (unpaired) electrons. The fourth-order valence-corrected chi connectivity index (χ4v) is 1.38. The number of nitrogens with zero attached hydrogens (tertiary/aromatic N) is 2. The van der Waals surface area contributed by atoms with Crippen molar-refractivity contribution < 1.29 is 4.79 Å². The number of aromatic nitrogens is 2. The molecule has 0 unspecified atom stereocenters. The first kappa shape index (κ1) is 14.2. The van der Waals surface area contributed by atoms with Crippen LogP contribution in [-0.4, -0.2) is 22.6 Å². The first-order valence-corrected chi connectivity index (χ1v) is 6.08. The minimum absolute atomic E-state index is 0.0480. The Balaban J connectivity index is 2.74. The van der Waals surface area contributed by atoms with Crippen LogP contribution < -0.4 is 5.32 Å². The van der Waals surface area contributed by atoms with Gasteiger partial charge in [0.25, 0.3) is 5.91 Å². The van der Waals surface area contributed by atoms with E-state index in [1.165, 1.54) is 6.07 Å². The Morgan fingerprint density at radius 3 is 2.65 bits per heavy atom. The zero-order chi connectivity index (χ0) is 13.1. The topological polar surface area (TPSA) is 54.9 Å². The standard InChI is InChI=1S/C11H15Cl2N3O/c1-4-11(2,3)6-14-10(17)7-5-8(12)15-16-9(7)13/h5H,4,6H2,1-3H3,(H,14,17). The maximum Gasteiger partial charge on any atom is 0.254 e. The molecular weight excluding hydrogens is 261 g/mol. The Kier molecular flexibility index (Phi) is 4.71. The minimum Gasteiger partial charge on any atom is -0.351 e. The molecule has 0 saturated heterocycles. The molecule has 1 heterocycles. The maximum absolute atomic E-state index is 11.9. The van der Waals surface area contributed by atoms with Gasteiger partial charge >= 0.3 is 0 Å². The van der Waals surface area contributed by atoms with Crippen LogP contribution in [0, 0.1) is 5.41 Å². The lowest BCUT2D eigenvalue weighted by molar-refractivity contribution is 0.0935. The molecule has 0 aliphatic heterocycles. The zero-order valence-electron chi connectivity index (χ0n) is 10.1. The van der Waals surface area contributed by atoms with Gasteiger partial charge in [0, 0.05) is 6.54 Å². The van der Waals surface area contributed by atoms with E-state index < -0.39 is 0 Å². The van der Waals surface area contributed by atoms with Crippen LogP contribution in [0.15, 0.2) is 6.07 Å². The number of nitrogens with one attached hydrogen (secondary N) is 1. The average Bonchev–Trinajstić information content (AvgIpc) is 2.29. The number of amides is 1. The van der Waals surface area contributed by atoms with Crippen molar-refractivity contribution in [1.82, 2.24) is 15.5 Å². The second-order valence-electron chi connectivity index (χ2n) is 4.57. The predicted molar refractivity (Wildman–Crippen MR) is 68.5 cm³/mol. The first-order valence-electron chi connectivity index (χ1n) is 5.32. The summed E-state index contributed by atoms with van der Waals surface area (Å²) in [7, 11) is 0. The monoisotopic (exact) mass is 275 g/mol. The summed E-state index contributed by atoms with van der Waals surface area (Å²) in [6.45, 7) is 6.79. The Morgan fingerprint density at radius 1 is 1.41 bits per heavy atom. The lowest BCUT2D eigenvalue weighted by Gasteiger charge is -2.22. The van der Waals surface area contributed by atoms with Gasteiger partial charge in [0.2, 0.25) is 0 Å². The Labute approximate surface area is 111 Å². The van der Waals surface area contributed by atoms with Gasteiger partial charge in [-0.3, -0.25) is 4.79 Å².